The van der Waals surface area contributed by atoms with Gasteiger partial charge in [-0.05, 0) is 77.7 Å². The summed E-state index contributed by atoms with van der Waals surface area (Å²) < 4.78 is 5.76. The monoisotopic (exact) mass is 622 g/mol. The smallest absolute Gasteiger partial charge is 0.238 e. The highest BCUT2D eigenvalue weighted by atomic mass is 35.5. The highest BCUT2D eigenvalue weighted by molar-refractivity contribution is 6.37. The van der Waals surface area contributed by atoms with Crippen LogP contribution < -0.4 is 10.1 Å². The molecule has 4 aromatic carbocycles. The SMILES string of the molecule is CCCOc1ccc(C(=O)[C@H]2[C@H](C(=O)c3ccc(Cl)cc3Cl)N3C=Cc4ccccc4[C@@H]3[C@]23C(=O)Nc2ccccc23)cc1. The molecule has 4 aromatic rings. The number of ketones is 2. The molecule has 3 aliphatic heterocycles. The number of halogens is 2. The summed E-state index contributed by atoms with van der Waals surface area (Å²) in [6.07, 6.45) is 4.61. The van der Waals surface area contributed by atoms with Gasteiger partial charge in [0.25, 0.3) is 0 Å². The molecule has 8 heteroatoms. The molecule has 0 aliphatic carbocycles. The van der Waals surface area contributed by atoms with Gasteiger partial charge < -0.3 is 15.0 Å². The molecule has 4 atom stereocenters. The summed E-state index contributed by atoms with van der Waals surface area (Å²) in [5.74, 6) is -1.46. The summed E-state index contributed by atoms with van der Waals surface area (Å²) in [7, 11) is 0. The molecular weight excluding hydrogens is 595 g/mol. The zero-order valence-electron chi connectivity index (χ0n) is 23.8. The first-order chi connectivity index (χ1) is 21.4. The maximum Gasteiger partial charge on any atom is 0.238 e. The highest BCUT2D eigenvalue weighted by Gasteiger charge is 2.70. The number of carbonyl (C=O) groups is 3. The largest absolute Gasteiger partial charge is 0.494 e. The van der Waals surface area contributed by atoms with Crippen LogP contribution in [-0.4, -0.2) is 35.0 Å². The first-order valence-electron chi connectivity index (χ1n) is 14.6. The van der Waals surface area contributed by atoms with Crippen LogP contribution in [0.4, 0.5) is 5.69 Å². The van der Waals surface area contributed by atoms with Gasteiger partial charge in [0.2, 0.25) is 5.91 Å². The van der Waals surface area contributed by atoms with E-state index in [0.29, 0.717) is 34.2 Å². The van der Waals surface area contributed by atoms with E-state index in [9.17, 15) is 14.4 Å². The van der Waals surface area contributed by atoms with E-state index in [1.807, 2.05) is 72.6 Å². The lowest BCUT2D eigenvalue weighted by Crippen LogP contribution is -2.49. The number of hydrogen-bond acceptors (Lipinski definition) is 5. The van der Waals surface area contributed by atoms with Crippen LogP contribution in [-0.2, 0) is 10.2 Å². The molecule has 44 heavy (non-hydrogen) atoms. The molecule has 0 saturated carbocycles. The van der Waals surface area contributed by atoms with Crippen molar-refractivity contribution in [3.8, 4) is 5.75 Å². The summed E-state index contributed by atoms with van der Waals surface area (Å²) in [5, 5.41) is 3.64. The quantitative estimate of drug-likeness (QED) is 0.213. The van der Waals surface area contributed by atoms with Crippen molar-refractivity contribution in [3.63, 3.8) is 0 Å². The van der Waals surface area contributed by atoms with Gasteiger partial charge >= 0.3 is 0 Å². The molecule has 3 aliphatic rings. The van der Waals surface area contributed by atoms with Crippen LogP contribution >= 0.6 is 23.2 Å². The summed E-state index contributed by atoms with van der Waals surface area (Å²) in [4.78, 5) is 46.1. The zero-order valence-corrected chi connectivity index (χ0v) is 25.3. The minimum atomic E-state index is -1.43. The van der Waals surface area contributed by atoms with Gasteiger partial charge in [-0.25, -0.2) is 0 Å². The van der Waals surface area contributed by atoms with E-state index in [2.05, 4.69) is 5.32 Å². The zero-order chi connectivity index (χ0) is 30.6. The van der Waals surface area contributed by atoms with E-state index in [1.165, 1.54) is 6.07 Å². The number of ether oxygens (including phenoxy) is 1. The predicted molar refractivity (Wildman–Crippen MR) is 171 cm³/mol. The number of nitrogens with one attached hydrogen (secondary N) is 1. The van der Waals surface area contributed by atoms with Gasteiger partial charge in [-0.3, -0.25) is 14.4 Å². The average molecular weight is 624 g/mol. The van der Waals surface area contributed by atoms with Gasteiger partial charge in [0, 0.05) is 28.0 Å². The van der Waals surface area contributed by atoms with E-state index in [4.69, 9.17) is 27.9 Å². The van der Waals surface area contributed by atoms with Crippen molar-refractivity contribution in [2.24, 2.45) is 5.92 Å². The summed E-state index contributed by atoms with van der Waals surface area (Å²) in [6, 6.07) is 25.2. The number of amides is 1. The molecule has 0 bridgehead atoms. The first kappa shape index (κ1) is 28.4. The number of benzene rings is 4. The highest BCUT2D eigenvalue weighted by Crippen LogP contribution is 2.62. The van der Waals surface area contributed by atoms with Crippen molar-refractivity contribution >= 4 is 52.4 Å². The van der Waals surface area contributed by atoms with E-state index in [1.54, 1.807) is 36.4 Å². The lowest BCUT2D eigenvalue weighted by molar-refractivity contribution is -0.122. The van der Waals surface area contributed by atoms with Crippen molar-refractivity contribution in [3.05, 3.63) is 135 Å². The predicted octanol–water partition coefficient (Wildman–Crippen LogP) is 7.76. The van der Waals surface area contributed by atoms with Crippen molar-refractivity contribution in [2.45, 2.75) is 30.8 Å². The first-order valence-corrected chi connectivity index (χ1v) is 15.3. The van der Waals surface area contributed by atoms with Crippen LogP contribution in [0.5, 0.6) is 5.75 Å². The standard InChI is InChI=1S/C36H28Cl2N2O4/c1-2-19-44-24-14-11-22(12-15-24)32(41)30-31(33(42)26-16-13-23(37)20-28(26)38)40-18-17-21-7-3-4-8-25(21)34(40)36(30)27-9-5-6-10-29(27)39-35(36)43/h3-18,20,30-31,34H,2,19H2,1H3,(H,39,43)/t30-,31-,34-,36-/m1/s1. The van der Waals surface area contributed by atoms with Crippen molar-refractivity contribution in [1.82, 2.24) is 4.90 Å². The number of nitrogens with zero attached hydrogens (tertiary/aromatic N) is 1. The van der Waals surface area contributed by atoms with E-state index in [0.717, 1.165) is 17.5 Å². The number of carbonyl (C=O) groups excluding carboxylic acids is 3. The lowest BCUT2D eigenvalue weighted by atomic mass is 9.62. The Morgan fingerprint density at radius 1 is 0.932 bits per heavy atom. The van der Waals surface area contributed by atoms with Gasteiger partial charge in [0.05, 0.1) is 23.6 Å². The summed E-state index contributed by atoms with van der Waals surface area (Å²) in [5.41, 5.74) is 2.29. The second kappa shape index (κ2) is 11.0. The molecular formula is C36H28Cl2N2O4. The van der Waals surface area contributed by atoms with Crippen LogP contribution in [0.2, 0.25) is 10.0 Å². The van der Waals surface area contributed by atoms with Gasteiger partial charge in [-0.1, -0.05) is 72.6 Å². The molecule has 220 valence electrons. The van der Waals surface area contributed by atoms with Gasteiger partial charge in [0.15, 0.2) is 11.6 Å². The molecule has 1 spiro atoms. The van der Waals surface area contributed by atoms with E-state index < -0.39 is 23.4 Å². The Morgan fingerprint density at radius 3 is 2.45 bits per heavy atom. The van der Waals surface area contributed by atoms with Crippen LogP contribution in [0.3, 0.4) is 0 Å². The van der Waals surface area contributed by atoms with Gasteiger partial charge in [-0.2, -0.15) is 0 Å². The minimum Gasteiger partial charge on any atom is -0.494 e. The van der Waals surface area contributed by atoms with E-state index >= 15 is 0 Å². The Morgan fingerprint density at radius 2 is 1.68 bits per heavy atom. The van der Waals surface area contributed by atoms with Crippen LogP contribution in [0.1, 0.15) is 56.8 Å². The number of fused-ring (bicyclic) bond motifs is 6. The van der Waals surface area contributed by atoms with E-state index in [-0.39, 0.29) is 28.1 Å². The Kier molecular flexibility index (Phi) is 7.07. The average Bonchev–Trinajstić information content (AvgIpc) is 3.51. The second-order valence-electron chi connectivity index (χ2n) is 11.3. The molecule has 0 unspecified atom stereocenters. The minimum absolute atomic E-state index is 0.182. The Hall–Kier alpha value is -4.39. The third kappa shape index (κ3) is 4.20. The normalized spacial score (nSPS) is 22.8. The van der Waals surface area contributed by atoms with Crippen LogP contribution in [0.15, 0.2) is 97.2 Å². The van der Waals surface area contributed by atoms with Crippen molar-refractivity contribution in [2.75, 3.05) is 11.9 Å². The van der Waals surface area contributed by atoms with Gasteiger partial charge in [0.1, 0.15) is 17.2 Å². The molecule has 0 aromatic heterocycles. The van der Waals surface area contributed by atoms with Crippen LogP contribution in [0.25, 0.3) is 6.08 Å². The maximum absolute atomic E-state index is 15.0. The molecule has 7 rings (SSSR count). The Balaban J connectivity index is 1.48. The topological polar surface area (TPSA) is 75.7 Å². The fourth-order valence-electron chi connectivity index (χ4n) is 7.13. The number of Topliss-reactive ketones (excluding diaryl/α,β-unsaturated/α-hetero) is 2. The number of para-hydroxylation sites is 1. The lowest BCUT2D eigenvalue weighted by Gasteiger charge is -2.38. The van der Waals surface area contributed by atoms with Gasteiger partial charge in [-0.15, -0.1) is 0 Å². The van der Waals surface area contributed by atoms with Crippen LogP contribution in [0, 0.1) is 5.92 Å². The third-order valence-electron chi connectivity index (χ3n) is 8.93. The number of hydrogen-bond donors (Lipinski definition) is 1. The van der Waals surface area contributed by atoms with Crippen molar-refractivity contribution < 1.29 is 19.1 Å². The molecule has 6 nitrogen and oxygen atoms in total. The molecule has 1 N–H and O–H groups in total. The molecule has 1 saturated heterocycles. The fourth-order valence-corrected chi connectivity index (χ4v) is 7.63. The molecule has 0 radical (unpaired) electrons. The molecule has 3 heterocycles. The second-order valence-corrected chi connectivity index (χ2v) is 12.2. The van der Waals surface area contributed by atoms with Crippen molar-refractivity contribution in [1.29, 1.82) is 0 Å². The fraction of sp³-hybridized carbons (Fsp3) is 0.194. The number of rotatable bonds is 7. The Labute approximate surface area is 265 Å². The maximum atomic E-state index is 15.0. The third-order valence-corrected chi connectivity index (χ3v) is 9.48. The summed E-state index contributed by atoms with van der Waals surface area (Å²) >= 11 is 12.8. The summed E-state index contributed by atoms with van der Waals surface area (Å²) in [6.45, 7) is 2.57. The number of anilines is 1. The molecule has 1 fully saturated rings. The molecule has 1 amide bonds. The Bertz CT molecular complexity index is 1850.